The first kappa shape index (κ1) is 11.5. The minimum absolute atomic E-state index is 0.00870. The van der Waals surface area contributed by atoms with Gasteiger partial charge in [0, 0.05) is 0 Å². The van der Waals surface area contributed by atoms with Crippen LogP contribution < -0.4 is 0 Å². The maximum absolute atomic E-state index is 11.6. The maximum Gasteiger partial charge on any atom is 0.309 e. The molecule has 0 spiro atoms. The summed E-state index contributed by atoms with van der Waals surface area (Å²) in [4.78, 5) is 11.6. The van der Waals surface area contributed by atoms with Crippen molar-refractivity contribution in [2.45, 2.75) is 46.5 Å². The summed E-state index contributed by atoms with van der Waals surface area (Å²) in [5.41, 5.74) is 0. The number of carbonyl (C=O) groups excluding carboxylic acids is 1. The fourth-order valence-electron chi connectivity index (χ4n) is 1.98. The van der Waals surface area contributed by atoms with Crippen molar-refractivity contribution < 1.29 is 9.53 Å². The quantitative estimate of drug-likeness (QED) is 0.635. The second-order valence-electron chi connectivity index (χ2n) is 4.64. The second-order valence-corrected chi connectivity index (χ2v) is 4.64. The van der Waals surface area contributed by atoms with Gasteiger partial charge in [-0.15, -0.1) is 0 Å². The van der Waals surface area contributed by atoms with Gasteiger partial charge in [0.15, 0.2) is 0 Å². The molecule has 1 aliphatic rings. The Morgan fingerprint density at radius 3 is 2.43 bits per heavy atom. The summed E-state index contributed by atoms with van der Waals surface area (Å²) in [6, 6.07) is 0. The van der Waals surface area contributed by atoms with Gasteiger partial charge in [0.25, 0.3) is 0 Å². The van der Waals surface area contributed by atoms with Gasteiger partial charge in [-0.25, -0.2) is 0 Å². The number of ether oxygens (including phenoxy) is 1. The van der Waals surface area contributed by atoms with Crippen LogP contribution in [-0.2, 0) is 9.53 Å². The molecule has 0 aromatic heterocycles. The molecule has 2 nitrogen and oxygen atoms in total. The summed E-state index contributed by atoms with van der Waals surface area (Å²) >= 11 is 0. The minimum Gasteiger partial charge on any atom is -0.466 e. The molecule has 0 amide bonds. The Balaban J connectivity index is 2.40. The molecule has 1 atom stereocenters. The molecule has 1 unspecified atom stereocenters. The van der Waals surface area contributed by atoms with Crippen LogP contribution in [0.5, 0.6) is 0 Å². The highest BCUT2D eigenvalue weighted by Crippen LogP contribution is 2.34. The van der Waals surface area contributed by atoms with Crippen LogP contribution in [0, 0.1) is 17.8 Å². The van der Waals surface area contributed by atoms with E-state index in [1.54, 1.807) is 0 Å². The van der Waals surface area contributed by atoms with Crippen LogP contribution in [0.3, 0.4) is 0 Å². The van der Waals surface area contributed by atoms with Crippen LogP contribution in [-0.4, -0.2) is 12.6 Å². The summed E-state index contributed by atoms with van der Waals surface area (Å²) in [6.45, 7) is 6.60. The van der Waals surface area contributed by atoms with E-state index >= 15 is 0 Å². The molecule has 1 aliphatic carbocycles. The van der Waals surface area contributed by atoms with Gasteiger partial charge < -0.3 is 4.74 Å². The normalized spacial score (nSPS) is 19.1. The maximum atomic E-state index is 11.6. The first-order chi connectivity index (χ1) is 6.65. The average Bonchev–Trinajstić information content (AvgIpc) is 2.01. The molecule has 1 rings (SSSR count). The molecule has 0 saturated heterocycles. The van der Waals surface area contributed by atoms with E-state index < -0.39 is 0 Å². The van der Waals surface area contributed by atoms with Crippen molar-refractivity contribution in [1.82, 2.24) is 0 Å². The predicted octanol–water partition coefficient (Wildman–Crippen LogP) is 3.01. The number of rotatable bonds is 5. The van der Waals surface area contributed by atoms with E-state index in [4.69, 9.17) is 4.74 Å². The zero-order valence-electron chi connectivity index (χ0n) is 9.58. The first-order valence-corrected chi connectivity index (χ1v) is 5.81. The minimum atomic E-state index is 0.00870. The molecule has 82 valence electrons. The lowest BCUT2D eigenvalue weighted by atomic mass is 9.76. The number of hydrogen-bond acceptors (Lipinski definition) is 2. The van der Waals surface area contributed by atoms with Crippen LogP contribution in [0.25, 0.3) is 0 Å². The first-order valence-electron chi connectivity index (χ1n) is 5.81. The Morgan fingerprint density at radius 1 is 1.43 bits per heavy atom. The largest absolute Gasteiger partial charge is 0.466 e. The lowest BCUT2D eigenvalue weighted by molar-refractivity contribution is -0.150. The van der Waals surface area contributed by atoms with E-state index in [1.807, 2.05) is 6.92 Å². The van der Waals surface area contributed by atoms with Gasteiger partial charge in [-0.2, -0.15) is 0 Å². The van der Waals surface area contributed by atoms with Crippen LogP contribution in [0.4, 0.5) is 0 Å². The second kappa shape index (κ2) is 5.38. The highest BCUT2D eigenvalue weighted by molar-refractivity contribution is 5.72. The third kappa shape index (κ3) is 3.00. The van der Waals surface area contributed by atoms with Crippen LogP contribution >= 0.6 is 0 Å². The molecular formula is C12H22O2. The van der Waals surface area contributed by atoms with Crippen molar-refractivity contribution in [1.29, 1.82) is 0 Å². The van der Waals surface area contributed by atoms with Crippen molar-refractivity contribution in [3.05, 3.63) is 0 Å². The molecule has 14 heavy (non-hydrogen) atoms. The van der Waals surface area contributed by atoms with Crippen LogP contribution in [0.2, 0.25) is 0 Å². The zero-order valence-corrected chi connectivity index (χ0v) is 9.58. The molecule has 0 aromatic rings. The molecule has 0 radical (unpaired) electrons. The third-order valence-electron chi connectivity index (χ3n) is 3.21. The number of hydrogen-bond donors (Lipinski definition) is 0. The fourth-order valence-corrected chi connectivity index (χ4v) is 1.98. The van der Waals surface area contributed by atoms with E-state index in [0.29, 0.717) is 12.5 Å². The van der Waals surface area contributed by atoms with Crippen molar-refractivity contribution in [3.8, 4) is 0 Å². The van der Waals surface area contributed by atoms with Crippen molar-refractivity contribution in [2.24, 2.45) is 17.8 Å². The molecular weight excluding hydrogens is 176 g/mol. The average molecular weight is 198 g/mol. The van der Waals surface area contributed by atoms with Gasteiger partial charge in [-0.3, -0.25) is 4.79 Å². The highest BCUT2D eigenvalue weighted by atomic mass is 16.5. The van der Waals surface area contributed by atoms with Crippen molar-refractivity contribution >= 4 is 5.97 Å². The molecule has 2 heteroatoms. The zero-order chi connectivity index (χ0) is 10.6. The number of carbonyl (C=O) groups is 1. The monoisotopic (exact) mass is 198 g/mol. The van der Waals surface area contributed by atoms with Crippen molar-refractivity contribution in [2.75, 3.05) is 6.61 Å². The molecule has 0 aliphatic heterocycles. The summed E-state index contributed by atoms with van der Waals surface area (Å²) in [5, 5.41) is 0. The van der Waals surface area contributed by atoms with Gasteiger partial charge in [-0.1, -0.05) is 33.1 Å². The van der Waals surface area contributed by atoms with E-state index in [9.17, 15) is 4.79 Å². The molecule has 0 N–H and O–H groups in total. The molecule has 1 fully saturated rings. The van der Waals surface area contributed by atoms with E-state index in [0.717, 1.165) is 12.3 Å². The smallest absolute Gasteiger partial charge is 0.309 e. The van der Waals surface area contributed by atoms with E-state index in [2.05, 4.69) is 13.8 Å². The fraction of sp³-hybridized carbons (Fsp3) is 0.917. The summed E-state index contributed by atoms with van der Waals surface area (Å²) in [6.07, 6.45) is 5.00. The molecule has 0 heterocycles. The van der Waals surface area contributed by atoms with E-state index in [1.165, 1.54) is 19.3 Å². The Labute approximate surface area is 87.0 Å². The Kier molecular flexibility index (Phi) is 4.43. The van der Waals surface area contributed by atoms with Gasteiger partial charge in [0.05, 0.1) is 12.5 Å². The predicted molar refractivity (Wildman–Crippen MR) is 56.9 cm³/mol. The van der Waals surface area contributed by atoms with Gasteiger partial charge in [0.2, 0.25) is 0 Å². The van der Waals surface area contributed by atoms with Gasteiger partial charge in [0.1, 0.15) is 0 Å². The molecule has 1 saturated carbocycles. The topological polar surface area (TPSA) is 26.3 Å². The summed E-state index contributed by atoms with van der Waals surface area (Å²) in [5.74, 6) is 1.33. The third-order valence-corrected chi connectivity index (χ3v) is 3.21. The SMILES string of the molecule is CCOC(=O)C(CC1CCC1)C(C)C. The van der Waals surface area contributed by atoms with Crippen LogP contribution in [0.15, 0.2) is 0 Å². The van der Waals surface area contributed by atoms with Gasteiger partial charge >= 0.3 is 5.97 Å². The number of esters is 1. The molecule has 0 aromatic carbocycles. The van der Waals surface area contributed by atoms with Crippen LogP contribution in [0.1, 0.15) is 46.5 Å². The Morgan fingerprint density at radius 2 is 2.07 bits per heavy atom. The highest BCUT2D eigenvalue weighted by Gasteiger charge is 2.29. The lowest BCUT2D eigenvalue weighted by Crippen LogP contribution is -2.27. The Bertz CT molecular complexity index is 183. The van der Waals surface area contributed by atoms with Crippen molar-refractivity contribution in [3.63, 3.8) is 0 Å². The Hall–Kier alpha value is -0.530. The molecule has 0 bridgehead atoms. The lowest BCUT2D eigenvalue weighted by Gasteiger charge is -2.30. The summed E-state index contributed by atoms with van der Waals surface area (Å²) < 4.78 is 5.10. The summed E-state index contributed by atoms with van der Waals surface area (Å²) in [7, 11) is 0. The standard InChI is InChI=1S/C12H22O2/c1-4-14-12(13)11(9(2)3)8-10-6-5-7-10/h9-11H,4-8H2,1-3H3. The van der Waals surface area contributed by atoms with Gasteiger partial charge in [-0.05, 0) is 25.2 Å². The van der Waals surface area contributed by atoms with E-state index in [-0.39, 0.29) is 11.9 Å².